The molecule has 1 aliphatic carbocycles. The lowest BCUT2D eigenvalue weighted by molar-refractivity contribution is -0.122. The van der Waals surface area contributed by atoms with Crippen LogP contribution in [0.3, 0.4) is 0 Å². The first-order chi connectivity index (χ1) is 13.4. The Morgan fingerprint density at radius 1 is 1.18 bits per heavy atom. The van der Waals surface area contributed by atoms with Crippen LogP contribution in [0.4, 0.5) is 0 Å². The molecule has 0 fully saturated rings. The zero-order chi connectivity index (χ0) is 19.7. The lowest BCUT2D eigenvalue weighted by Gasteiger charge is -2.40. The molecule has 28 heavy (non-hydrogen) atoms. The first kappa shape index (κ1) is 18.4. The van der Waals surface area contributed by atoms with Gasteiger partial charge in [0.2, 0.25) is 5.91 Å². The maximum Gasteiger partial charge on any atom is 0.258 e. The number of hydrogen-bond acceptors (Lipinski definition) is 3. The summed E-state index contributed by atoms with van der Waals surface area (Å²) in [4.78, 5) is 32.2. The summed E-state index contributed by atoms with van der Waals surface area (Å²) in [5.74, 6) is 0.521. The summed E-state index contributed by atoms with van der Waals surface area (Å²) in [5.41, 5.74) is 3.02. The predicted octanol–water partition coefficient (Wildman–Crippen LogP) is 3.69. The molecule has 1 amide bonds. The van der Waals surface area contributed by atoms with Gasteiger partial charge in [-0.2, -0.15) is 0 Å². The molecule has 0 bridgehead atoms. The number of para-hydroxylation sites is 1. The van der Waals surface area contributed by atoms with E-state index in [9.17, 15) is 9.59 Å². The van der Waals surface area contributed by atoms with E-state index in [1.165, 1.54) is 11.1 Å². The number of benzene rings is 2. The largest absolute Gasteiger partial charge is 0.349 e. The molecule has 3 aromatic rings. The lowest BCUT2D eigenvalue weighted by atomic mass is 9.70. The van der Waals surface area contributed by atoms with E-state index >= 15 is 0 Å². The number of fused-ring (bicyclic) bond motifs is 2. The van der Waals surface area contributed by atoms with E-state index in [0.29, 0.717) is 23.1 Å². The molecule has 0 spiro atoms. The Bertz CT molecular complexity index is 1080. The smallest absolute Gasteiger partial charge is 0.258 e. The standard InChI is InChI=1S/C23H25N3O2/c1-23(2)14-13-15-7-3-4-8-16(15)21(23)26-20(27)12-11-19-24-18-10-6-5-9-17(18)22(28)25-19/h3-10,21H,11-14H2,1-2H3,(H,26,27)(H,24,25,28)/t21-/m1/s1. The van der Waals surface area contributed by atoms with E-state index in [0.717, 1.165) is 12.8 Å². The van der Waals surface area contributed by atoms with Crippen molar-refractivity contribution in [3.05, 3.63) is 75.8 Å². The number of nitrogens with one attached hydrogen (secondary N) is 2. The number of hydrogen-bond donors (Lipinski definition) is 2. The van der Waals surface area contributed by atoms with Crippen molar-refractivity contribution in [3.8, 4) is 0 Å². The van der Waals surface area contributed by atoms with Crippen LogP contribution in [0.1, 0.15) is 49.7 Å². The fourth-order valence-corrected chi connectivity index (χ4v) is 4.06. The third kappa shape index (κ3) is 3.57. The third-order valence-electron chi connectivity index (χ3n) is 5.74. The van der Waals surface area contributed by atoms with Gasteiger partial charge in [0.05, 0.1) is 16.9 Å². The molecule has 5 heteroatoms. The summed E-state index contributed by atoms with van der Waals surface area (Å²) < 4.78 is 0. The fraction of sp³-hybridized carbons (Fsp3) is 0.348. The number of H-pyrrole nitrogens is 1. The van der Waals surface area contributed by atoms with Gasteiger partial charge in [-0.1, -0.05) is 50.2 Å². The van der Waals surface area contributed by atoms with E-state index in [4.69, 9.17) is 0 Å². The van der Waals surface area contributed by atoms with Gasteiger partial charge in [0.15, 0.2) is 0 Å². The summed E-state index contributed by atoms with van der Waals surface area (Å²) in [6, 6.07) is 15.6. The monoisotopic (exact) mass is 375 g/mol. The molecular formula is C23H25N3O2. The van der Waals surface area contributed by atoms with Crippen LogP contribution in [-0.2, 0) is 17.6 Å². The third-order valence-corrected chi connectivity index (χ3v) is 5.74. The maximum atomic E-state index is 12.7. The van der Waals surface area contributed by atoms with Crippen LogP contribution in [0, 0.1) is 5.41 Å². The molecule has 1 aliphatic rings. The highest BCUT2D eigenvalue weighted by Crippen LogP contribution is 2.43. The van der Waals surface area contributed by atoms with Crippen molar-refractivity contribution in [3.63, 3.8) is 0 Å². The van der Waals surface area contributed by atoms with Crippen molar-refractivity contribution in [2.75, 3.05) is 0 Å². The quantitative estimate of drug-likeness (QED) is 0.730. The van der Waals surface area contributed by atoms with Crippen LogP contribution < -0.4 is 10.9 Å². The SMILES string of the molecule is CC1(C)CCc2ccccc2[C@H]1NC(=O)CCc1nc2ccccc2c(=O)[nH]1. The van der Waals surface area contributed by atoms with Gasteiger partial charge in [0, 0.05) is 12.8 Å². The van der Waals surface area contributed by atoms with Crippen molar-refractivity contribution in [2.24, 2.45) is 5.41 Å². The molecule has 144 valence electrons. The predicted molar refractivity (Wildman–Crippen MR) is 110 cm³/mol. The molecule has 2 aromatic carbocycles. The Kier molecular flexibility index (Phi) is 4.75. The zero-order valence-electron chi connectivity index (χ0n) is 16.3. The van der Waals surface area contributed by atoms with Crippen molar-refractivity contribution in [1.29, 1.82) is 0 Å². The Hall–Kier alpha value is -2.95. The van der Waals surface area contributed by atoms with Crippen molar-refractivity contribution in [2.45, 2.75) is 45.6 Å². The summed E-state index contributed by atoms with van der Waals surface area (Å²) in [7, 11) is 0. The van der Waals surface area contributed by atoms with Crippen LogP contribution in [0.15, 0.2) is 53.3 Å². The molecule has 2 N–H and O–H groups in total. The minimum absolute atomic E-state index is 0.000471. The number of carbonyl (C=O) groups excluding carboxylic acids is 1. The van der Waals surface area contributed by atoms with Gasteiger partial charge in [0.1, 0.15) is 5.82 Å². The van der Waals surface area contributed by atoms with Crippen LogP contribution in [-0.4, -0.2) is 15.9 Å². The molecule has 0 saturated heterocycles. The van der Waals surface area contributed by atoms with Gasteiger partial charge in [-0.05, 0) is 41.5 Å². The van der Waals surface area contributed by atoms with Gasteiger partial charge in [-0.25, -0.2) is 4.98 Å². The fourth-order valence-electron chi connectivity index (χ4n) is 4.06. The number of aryl methyl sites for hydroxylation is 2. The van der Waals surface area contributed by atoms with E-state index in [2.05, 4.69) is 47.3 Å². The number of nitrogens with zero attached hydrogens (tertiary/aromatic N) is 1. The highest BCUT2D eigenvalue weighted by Gasteiger charge is 2.36. The highest BCUT2D eigenvalue weighted by molar-refractivity contribution is 5.78. The Balaban J connectivity index is 1.48. The molecular weight excluding hydrogens is 350 g/mol. The van der Waals surface area contributed by atoms with Gasteiger partial charge in [0.25, 0.3) is 5.56 Å². The summed E-state index contributed by atoms with van der Waals surface area (Å²) >= 11 is 0. The summed E-state index contributed by atoms with van der Waals surface area (Å²) in [5, 5.41) is 3.79. The van der Waals surface area contributed by atoms with E-state index in [-0.39, 0.29) is 29.3 Å². The van der Waals surface area contributed by atoms with Crippen LogP contribution >= 0.6 is 0 Å². The van der Waals surface area contributed by atoms with Crippen molar-refractivity contribution in [1.82, 2.24) is 15.3 Å². The number of carbonyl (C=O) groups is 1. The molecule has 0 radical (unpaired) electrons. The molecule has 4 rings (SSSR count). The molecule has 0 saturated carbocycles. The van der Waals surface area contributed by atoms with Crippen LogP contribution in [0.25, 0.3) is 10.9 Å². The van der Waals surface area contributed by atoms with E-state index in [1.54, 1.807) is 6.07 Å². The zero-order valence-corrected chi connectivity index (χ0v) is 16.3. The maximum absolute atomic E-state index is 12.7. The Morgan fingerprint density at radius 2 is 1.93 bits per heavy atom. The van der Waals surface area contributed by atoms with Crippen molar-refractivity contribution < 1.29 is 4.79 Å². The topological polar surface area (TPSA) is 74.8 Å². The number of aromatic nitrogens is 2. The first-order valence-corrected chi connectivity index (χ1v) is 9.79. The first-order valence-electron chi connectivity index (χ1n) is 9.79. The number of amides is 1. The van der Waals surface area contributed by atoms with Gasteiger partial charge >= 0.3 is 0 Å². The minimum atomic E-state index is -0.164. The van der Waals surface area contributed by atoms with Gasteiger partial charge in [-0.15, -0.1) is 0 Å². The summed E-state index contributed by atoms with van der Waals surface area (Å²) in [6.45, 7) is 4.41. The number of rotatable bonds is 4. The average Bonchev–Trinajstić information content (AvgIpc) is 2.69. The second kappa shape index (κ2) is 7.23. The minimum Gasteiger partial charge on any atom is -0.349 e. The molecule has 0 unspecified atom stereocenters. The molecule has 5 nitrogen and oxygen atoms in total. The van der Waals surface area contributed by atoms with Gasteiger partial charge < -0.3 is 10.3 Å². The Labute approximate surface area is 164 Å². The highest BCUT2D eigenvalue weighted by atomic mass is 16.1. The second-order valence-corrected chi connectivity index (χ2v) is 8.22. The van der Waals surface area contributed by atoms with Crippen molar-refractivity contribution >= 4 is 16.8 Å². The molecule has 1 atom stereocenters. The summed E-state index contributed by atoms with van der Waals surface area (Å²) in [6.07, 6.45) is 2.77. The van der Waals surface area contributed by atoms with Gasteiger partial charge in [-0.3, -0.25) is 9.59 Å². The molecule has 0 aliphatic heterocycles. The Morgan fingerprint density at radius 3 is 2.79 bits per heavy atom. The van der Waals surface area contributed by atoms with Crippen LogP contribution in [0.5, 0.6) is 0 Å². The molecule has 1 aromatic heterocycles. The second-order valence-electron chi connectivity index (χ2n) is 8.22. The van der Waals surface area contributed by atoms with Crippen LogP contribution in [0.2, 0.25) is 0 Å². The molecule has 1 heterocycles. The van der Waals surface area contributed by atoms with E-state index < -0.39 is 0 Å². The number of aromatic amines is 1. The van der Waals surface area contributed by atoms with E-state index in [1.807, 2.05) is 24.3 Å². The average molecular weight is 375 g/mol. The lowest BCUT2D eigenvalue weighted by Crippen LogP contribution is -2.41. The normalized spacial score (nSPS) is 17.9.